The number of nitrogens with zero attached hydrogens (tertiary/aromatic N) is 1. The summed E-state index contributed by atoms with van der Waals surface area (Å²) in [5, 5.41) is 3.94. The molecule has 4 rings (SSSR count). The van der Waals surface area contributed by atoms with Crippen LogP contribution in [-0.2, 0) is 0 Å². The number of nitrogens with one attached hydrogen (secondary N) is 1. The van der Waals surface area contributed by atoms with Crippen LogP contribution in [-0.4, -0.2) is 16.5 Å². The molecule has 30 heavy (non-hydrogen) atoms. The van der Waals surface area contributed by atoms with E-state index in [0.717, 1.165) is 36.0 Å². The van der Waals surface area contributed by atoms with Gasteiger partial charge in [0.2, 0.25) is 0 Å². The molecule has 1 aliphatic rings. The Labute approximate surface area is 173 Å². The van der Waals surface area contributed by atoms with Crippen LogP contribution in [0.15, 0.2) is 53.5 Å². The number of pyridine rings is 1. The molecule has 1 heterocycles. The van der Waals surface area contributed by atoms with Gasteiger partial charge in [-0.15, -0.1) is 0 Å². The number of hydrogen-bond acceptors (Lipinski definition) is 2. The molecule has 0 spiro atoms. The van der Waals surface area contributed by atoms with Crippen molar-refractivity contribution in [3.8, 4) is 5.69 Å². The van der Waals surface area contributed by atoms with E-state index in [9.17, 15) is 18.4 Å². The monoisotopic (exact) mass is 410 g/mol. The van der Waals surface area contributed by atoms with Crippen molar-refractivity contribution in [2.75, 3.05) is 0 Å². The number of carbonyl (C=O) groups excluding carboxylic acids is 1. The number of halogens is 2. The second kappa shape index (κ2) is 8.01. The Bertz CT molecular complexity index is 1170. The molecule has 0 aliphatic heterocycles. The fraction of sp³-hybridized carbons (Fsp3) is 0.333. The van der Waals surface area contributed by atoms with Crippen LogP contribution in [0.3, 0.4) is 0 Å². The number of aromatic nitrogens is 1. The summed E-state index contributed by atoms with van der Waals surface area (Å²) in [6.45, 7) is 4.33. The van der Waals surface area contributed by atoms with E-state index in [1.807, 2.05) is 0 Å². The summed E-state index contributed by atoms with van der Waals surface area (Å²) in [6, 6.07) is 9.83. The van der Waals surface area contributed by atoms with E-state index in [2.05, 4.69) is 19.2 Å². The van der Waals surface area contributed by atoms with Gasteiger partial charge in [0.25, 0.3) is 11.5 Å². The van der Waals surface area contributed by atoms with Gasteiger partial charge in [-0.1, -0.05) is 44.9 Å². The summed E-state index contributed by atoms with van der Waals surface area (Å²) in [6.07, 6.45) is 4.46. The molecule has 1 aliphatic carbocycles. The zero-order chi connectivity index (χ0) is 21.4. The second-order valence-electron chi connectivity index (χ2n) is 8.21. The Hall–Kier alpha value is -3.02. The second-order valence-corrected chi connectivity index (χ2v) is 8.21. The van der Waals surface area contributed by atoms with E-state index in [0.29, 0.717) is 28.2 Å². The molecule has 1 saturated carbocycles. The van der Waals surface area contributed by atoms with Gasteiger partial charge >= 0.3 is 0 Å². The number of rotatable bonds is 3. The molecule has 1 aromatic heterocycles. The predicted molar refractivity (Wildman–Crippen MR) is 113 cm³/mol. The lowest BCUT2D eigenvalue weighted by atomic mass is 9.78. The molecule has 0 unspecified atom stereocenters. The van der Waals surface area contributed by atoms with Gasteiger partial charge in [0.1, 0.15) is 11.6 Å². The molecule has 156 valence electrons. The molecule has 4 nitrogen and oxygen atoms in total. The van der Waals surface area contributed by atoms with Crippen molar-refractivity contribution in [3.63, 3.8) is 0 Å². The summed E-state index contributed by atoms with van der Waals surface area (Å²) in [4.78, 5) is 26.2. The van der Waals surface area contributed by atoms with Crippen LogP contribution >= 0.6 is 0 Å². The van der Waals surface area contributed by atoms with Crippen molar-refractivity contribution >= 4 is 16.7 Å². The molecule has 1 amide bonds. The van der Waals surface area contributed by atoms with Gasteiger partial charge in [-0.05, 0) is 36.5 Å². The quantitative estimate of drug-likeness (QED) is 0.673. The largest absolute Gasteiger partial charge is 0.349 e. The standard InChI is InChI=1S/C24H24F2N2O2/c1-14-6-5-9-21(15(14)2)27-23(29)19-13-28(22-11-10-16(25)12-20(22)26)24(30)18-8-4-3-7-17(18)19/h3-4,7-8,10-15,21H,5-6,9H2,1-2H3,(H,27,29)/t14-,15-,21+/m1/s1. The molecular formula is C24H24F2N2O2. The highest BCUT2D eigenvalue weighted by molar-refractivity contribution is 6.06. The lowest BCUT2D eigenvalue weighted by Crippen LogP contribution is -2.44. The summed E-state index contributed by atoms with van der Waals surface area (Å²) < 4.78 is 28.9. The van der Waals surface area contributed by atoms with Gasteiger partial charge in [0.15, 0.2) is 0 Å². The summed E-state index contributed by atoms with van der Waals surface area (Å²) >= 11 is 0. The predicted octanol–water partition coefficient (Wildman–Crippen LogP) is 4.82. The third-order valence-corrected chi connectivity index (χ3v) is 6.36. The van der Waals surface area contributed by atoms with Gasteiger partial charge in [0.05, 0.1) is 11.3 Å². The van der Waals surface area contributed by atoms with Crippen LogP contribution in [0.25, 0.3) is 16.5 Å². The molecule has 6 heteroatoms. The molecular weight excluding hydrogens is 386 g/mol. The summed E-state index contributed by atoms with van der Waals surface area (Å²) in [5.41, 5.74) is -0.271. The van der Waals surface area contributed by atoms with Crippen molar-refractivity contribution in [2.24, 2.45) is 11.8 Å². The third kappa shape index (κ3) is 3.62. The smallest absolute Gasteiger partial charge is 0.263 e. The average molecular weight is 410 g/mol. The molecule has 1 N–H and O–H groups in total. The van der Waals surface area contributed by atoms with E-state index in [4.69, 9.17) is 0 Å². The normalized spacial score (nSPS) is 21.5. The number of hydrogen-bond donors (Lipinski definition) is 1. The number of carbonyl (C=O) groups is 1. The van der Waals surface area contributed by atoms with Crippen LogP contribution in [0.2, 0.25) is 0 Å². The van der Waals surface area contributed by atoms with Crippen LogP contribution in [0.4, 0.5) is 8.78 Å². The summed E-state index contributed by atoms with van der Waals surface area (Å²) in [7, 11) is 0. The average Bonchev–Trinajstić information content (AvgIpc) is 2.72. The molecule has 0 radical (unpaired) electrons. The Kier molecular flexibility index (Phi) is 5.41. The molecule has 3 aromatic rings. The van der Waals surface area contributed by atoms with Gasteiger partial charge in [-0.2, -0.15) is 0 Å². The third-order valence-electron chi connectivity index (χ3n) is 6.36. The first kappa shape index (κ1) is 20.3. The van der Waals surface area contributed by atoms with E-state index in [1.54, 1.807) is 24.3 Å². The van der Waals surface area contributed by atoms with Crippen molar-refractivity contribution in [1.29, 1.82) is 0 Å². The van der Waals surface area contributed by atoms with Crippen LogP contribution in [0.5, 0.6) is 0 Å². The Morgan fingerprint density at radius 2 is 1.80 bits per heavy atom. The number of fused-ring (bicyclic) bond motifs is 1. The van der Waals surface area contributed by atoms with Gasteiger partial charge in [-0.25, -0.2) is 8.78 Å². The van der Waals surface area contributed by atoms with Gasteiger partial charge < -0.3 is 5.32 Å². The molecule has 0 bridgehead atoms. The highest BCUT2D eigenvalue weighted by Crippen LogP contribution is 2.30. The van der Waals surface area contributed by atoms with Crippen molar-refractivity contribution in [3.05, 3.63) is 76.2 Å². The van der Waals surface area contributed by atoms with Gasteiger partial charge in [0, 0.05) is 29.1 Å². The van der Waals surface area contributed by atoms with E-state index >= 15 is 0 Å². The lowest BCUT2D eigenvalue weighted by Gasteiger charge is -2.34. The first-order valence-electron chi connectivity index (χ1n) is 10.3. The van der Waals surface area contributed by atoms with E-state index in [1.165, 1.54) is 12.3 Å². The lowest BCUT2D eigenvalue weighted by molar-refractivity contribution is 0.0892. The fourth-order valence-corrected chi connectivity index (χ4v) is 4.36. The number of amides is 1. The van der Waals surface area contributed by atoms with Crippen molar-refractivity contribution in [2.45, 2.75) is 39.2 Å². The Morgan fingerprint density at radius 1 is 1.07 bits per heavy atom. The minimum absolute atomic E-state index is 0.0444. The fourth-order valence-electron chi connectivity index (χ4n) is 4.36. The minimum atomic E-state index is -0.867. The molecule has 3 atom stereocenters. The van der Waals surface area contributed by atoms with Crippen LogP contribution in [0, 0.1) is 23.5 Å². The van der Waals surface area contributed by atoms with Crippen molar-refractivity contribution in [1.82, 2.24) is 9.88 Å². The number of benzene rings is 2. The SMILES string of the molecule is C[C@@H]1[C@H](C)CCC[C@@H]1NC(=O)c1cn(-c2ccc(F)cc2F)c(=O)c2ccccc12. The highest BCUT2D eigenvalue weighted by Gasteiger charge is 2.29. The first-order valence-corrected chi connectivity index (χ1v) is 10.3. The highest BCUT2D eigenvalue weighted by atomic mass is 19.1. The van der Waals surface area contributed by atoms with Crippen LogP contribution in [0.1, 0.15) is 43.5 Å². The zero-order valence-corrected chi connectivity index (χ0v) is 17.0. The first-order chi connectivity index (χ1) is 14.4. The van der Waals surface area contributed by atoms with Gasteiger partial charge in [-0.3, -0.25) is 14.2 Å². The Balaban J connectivity index is 1.82. The van der Waals surface area contributed by atoms with Crippen LogP contribution < -0.4 is 10.9 Å². The maximum Gasteiger partial charge on any atom is 0.263 e. The maximum absolute atomic E-state index is 14.4. The Morgan fingerprint density at radius 3 is 2.53 bits per heavy atom. The summed E-state index contributed by atoms with van der Waals surface area (Å²) in [5.74, 6) is -1.04. The molecule has 1 fully saturated rings. The molecule has 0 saturated heterocycles. The maximum atomic E-state index is 14.4. The minimum Gasteiger partial charge on any atom is -0.349 e. The van der Waals surface area contributed by atoms with E-state index in [-0.39, 0.29) is 17.6 Å². The zero-order valence-electron chi connectivity index (χ0n) is 17.0. The van der Waals surface area contributed by atoms with Crippen molar-refractivity contribution < 1.29 is 13.6 Å². The molecule has 2 aromatic carbocycles. The van der Waals surface area contributed by atoms with E-state index < -0.39 is 17.2 Å². The topological polar surface area (TPSA) is 51.1 Å².